The van der Waals surface area contributed by atoms with E-state index in [0.29, 0.717) is 23.1 Å². The summed E-state index contributed by atoms with van der Waals surface area (Å²) in [5, 5.41) is 3.93. The second-order valence-corrected chi connectivity index (χ2v) is 6.75. The Bertz CT molecular complexity index is 560. The predicted octanol–water partition coefficient (Wildman–Crippen LogP) is 2.16. The minimum Gasteiger partial charge on any atom is -0.373 e. The van der Waals surface area contributed by atoms with E-state index in [2.05, 4.69) is 21.1 Å². The molecule has 1 aromatic carbocycles. The van der Waals surface area contributed by atoms with Crippen LogP contribution in [0.5, 0.6) is 0 Å². The summed E-state index contributed by atoms with van der Waals surface area (Å²) < 4.78 is 5.68. The summed E-state index contributed by atoms with van der Waals surface area (Å²) in [5.41, 5.74) is 6.09. The van der Waals surface area contributed by atoms with Gasteiger partial charge in [0.15, 0.2) is 5.11 Å². The van der Waals surface area contributed by atoms with Gasteiger partial charge in [-0.3, -0.25) is 20.5 Å². The number of carbonyl (C=O) groups is 1. The van der Waals surface area contributed by atoms with E-state index in [0.717, 1.165) is 18.8 Å². The van der Waals surface area contributed by atoms with Gasteiger partial charge in [-0.25, -0.2) is 0 Å². The van der Waals surface area contributed by atoms with Gasteiger partial charge in [0, 0.05) is 36.8 Å². The quantitative estimate of drug-likeness (QED) is 0.557. The maximum atomic E-state index is 11.9. The van der Waals surface area contributed by atoms with Crippen molar-refractivity contribution in [3.05, 3.63) is 29.3 Å². The summed E-state index contributed by atoms with van der Waals surface area (Å²) in [4.78, 5) is 14.2. The normalized spacial score (nSPS) is 21.1. The fourth-order valence-corrected chi connectivity index (χ4v) is 2.91. The lowest BCUT2D eigenvalue weighted by molar-refractivity contribution is -0.123. The molecule has 0 saturated carbocycles. The Labute approximate surface area is 152 Å². The lowest BCUT2D eigenvalue weighted by Crippen LogP contribution is -2.48. The van der Waals surface area contributed by atoms with Gasteiger partial charge in [0.05, 0.1) is 12.2 Å². The molecule has 0 aliphatic carbocycles. The summed E-state index contributed by atoms with van der Waals surface area (Å²) in [5.74, 6) is -0.109. The van der Waals surface area contributed by atoms with Gasteiger partial charge in [-0.2, -0.15) is 0 Å². The van der Waals surface area contributed by atoms with Crippen LogP contribution in [0.15, 0.2) is 24.3 Å². The number of hydrazine groups is 1. The third-order valence-corrected chi connectivity index (χ3v) is 4.02. The van der Waals surface area contributed by atoms with Crippen LogP contribution in [0, 0.1) is 0 Å². The smallest absolute Gasteiger partial charge is 0.239 e. The van der Waals surface area contributed by atoms with Crippen LogP contribution in [0.3, 0.4) is 0 Å². The number of rotatable bonds is 4. The van der Waals surface area contributed by atoms with Crippen LogP contribution in [-0.2, 0) is 9.53 Å². The van der Waals surface area contributed by atoms with Crippen molar-refractivity contribution >= 4 is 40.5 Å². The first-order valence-electron chi connectivity index (χ1n) is 7.91. The van der Waals surface area contributed by atoms with E-state index >= 15 is 0 Å². The number of hydrogen-bond donors (Lipinski definition) is 3. The van der Waals surface area contributed by atoms with E-state index < -0.39 is 0 Å². The molecule has 0 spiro atoms. The molecule has 0 unspecified atom stereocenters. The van der Waals surface area contributed by atoms with Gasteiger partial charge in [0.2, 0.25) is 5.91 Å². The van der Waals surface area contributed by atoms with E-state index in [1.807, 2.05) is 13.8 Å². The fraction of sp³-hybridized carbons (Fsp3) is 0.500. The Kier molecular flexibility index (Phi) is 7.23. The van der Waals surface area contributed by atoms with Crippen molar-refractivity contribution in [3.8, 4) is 0 Å². The first kappa shape index (κ1) is 18.9. The Balaban J connectivity index is 1.65. The lowest BCUT2D eigenvalue weighted by Gasteiger charge is -2.35. The summed E-state index contributed by atoms with van der Waals surface area (Å²) in [7, 11) is 0. The molecule has 2 rings (SSSR count). The second-order valence-electron chi connectivity index (χ2n) is 5.90. The van der Waals surface area contributed by atoms with Crippen LogP contribution in [0.25, 0.3) is 0 Å². The standard InChI is InChI=1S/C16H23ClN4O2S/c1-11-9-21(10-12(2)23-11)8-7-15(22)19-20-16(24)18-14-5-3-13(17)4-6-14/h3-6,11-12H,7-10H2,1-2H3,(H,19,22)(H2,18,20,24)/t11-,12-/m0/s1. The minimum atomic E-state index is -0.109. The molecule has 0 bridgehead atoms. The molecule has 0 aromatic heterocycles. The molecule has 8 heteroatoms. The number of benzene rings is 1. The molecule has 1 aliphatic heterocycles. The Morgan fingerprint density at radius 2 is 1.88 bits per heavy atom. The molecule has 1 heterocycles. The number of hydrogen-bond acceptors (Lipinski definition) is 4. The average Bonchev–Trinajstić information content (AvgIpc) is 2.52. The van der Waals surface area contributed by atoms with Crippen LogP contribution in [0.2, 0.25) is 5.02 Å². The van der Waals surface area contributed by atoms with E-state index in [-0.39, 0.29) is 18.1 Å². The largest absolute Gasteiger partial charge is 0.373 e. The van der Waals surface area contributed by atoms with Crippen molar-refractivity contribution in [3.63, 3.8) is 0 Å². The van der Waals surface area contributed by atoms with Crippen LogP contribution in [0.4, 0.5) is 5.69 Å². The van der Waals surface area contributed by atoms with Gasteiger partial charge in [-0.1, -0.05) is 11.6 Å². The molecule has 132 valence electrons. The van der Waals surface area contributed by atoms with Gasteiger partial charge in [0.25, 0.3) is 0 Å². The Morgan fingerprint density at radius 3 is 2.50 bits per heavy atom. The number of amides is 1. The molecule has 0 radical (unpaired) electrons. The maximum absolute atomic E-state index is 11.9. The molecule has 1 saturated heterocycles. The van der Waals surface area contributed by atoms with Gasteiger partial charge >= 0.3 is 0 Å². The van der Waals surface area contributed by atoms with E-state index in [1.165, 1.54) is 0 Å². The van der Waals surface area contributed by atoms with E-state index in [4.69, 9.17) is 28.6 Å². The summed E-state index contributed by atoms with van der Waals surface area (Å²) in [6.45, 7) is 6.49. The maximum Gasteiger partial charge on any atom is 0.239 e. The third-order valence-electron chi connectivity index (χ3n) is 3.57. The Morgan fingerprint density at radius 1 is 1.25 bits per heavy atom. The highest BCUT2D eigenvalue weighted by Gasteiger charge is 2.22. The molecule has 1 aliphatic rings. The molecular weight excluding hydrogens is 348 g/mol. The zero-order valence-electron chi connectivity index (χ0n) is 13.8. The molecule has 1 amide bonds. The molecule has 1 aromatic rings. The highest BCUT2D eigenvalue weighted by atomic mass is 35.5. The number of thiocarbonyl (C=S) groups is 1. The molecule has 3 N–H and O–H groups in total. The van der Waals surface area contributed by atoms with E-state index in [9.17, 15) is 4.79 Å². The summed E-state index contributed by atoms with van der Waals surface area (Å²) in [6, 6.07) is 7.13. The van der Waals surface area contributed by atoms with Gasteiger partial charge in [0.1, 0.15) is 0 Å². The van der Waals surface area contributed by atoms with Crippen molar-refractivity contribution in [2.75, 3.05) is 25.0 Å². The van der Waals surface area contributed by atoms with Crippen LogP contribution in [-0.4, -0.2) is 47.8 Å². The highest BCUT2D eigenvalue weighted by Crippen LogP contribution is 2.13. The van der Waals surface area contributed by atoms with Crippen molar-refractivity contribution < 1.29 is 9.53 Å². The predicted molar refractivity (Wildman–Crippen MR) is 100 cm³/mol. The summed E-state index contributed by atoms with van der Waals surface area (Å²) in [6.07, 6.45) is 0.799. The van der Waals surface area contributed by atoms with Gasteiger partial charge < -0.3 is 10.1 Å². The number of nitrogens with zero attached hydrogens (tertiary/aromatic N) is 1. The number of ether oxygens (including phenoxy) is 1. The van der Waals surface area contributed by atoms with E-state index in [1.54, 1.807) is 24.3 Å². The lowest BCUT2D eigenvalue weighted by atomic mass is 10.2. The third kappa shape index (κ3) is 6.60. The molecule has 6 nitrogen and oxygen atoms in total. The SMILES string of the molecule is C[C@H]1CN(CCC(=O)NNC(=S)Nc2ccc(Cl)cc2)C[C@H](C)O1. The number of halogens is 1. The van der Waals surface area contributed by atoms with Crippen LogP contribution in [0.1, 0.15) is 20.3 Å². The average molecular weight is 371 g/mol. The monoisotopic (exact) mass is 370 g/mol. The molecule has 1 fully saturated rings. The minimum absolute atomic E-state index is 0.109. The Hall–Kier alpha value is -1.41. The van der Waals surface area contributed by atoms with Crippen molar-refractivity contribution in [2.45, 2.75) is 32.5 Å². The number of carbonyl (C=O) groups excluding carboxylic acids is 1. The number of morpholine rings is 1. The van der Waals surface area contributed by atoms with Crippen molar-refractivity contribution in [1.29, 1.82) is 0 Å². The molecule has 2 atom stereocenters. The van der Waals surface area contributed by atoms with Crippen molar-refractivity contribution in [2.24, 2.45) is 0 Å². The molecule has 24 heavy (non-hydrogen) atoms. The van der Waals surface area contributed by atoms with Gasteiger partial charge in [-0.05, 0) is 50.3 Å². The highest BCUT2D eigenvalue weighted by molar-refractivity contribution is 7.80. The first-order chi connectivity index (χ1) is 11.4. The fourth-order valence-electron chi connectivity index (χ4n) is 2.61. The summed E-state index contributed by atoms with van der Waals surface area (Å²) >= 11 is 11.0. The first-order valence-corrected chi connectivity index (χ1v) is 8.70. The van der Waals surface area contributed by atoms with Crippen molar-refractivity contribution in [1.82, 2.24) is 15.8 Å². The van der Waals surface area contributed by atoms with Crippen LogP contribution >= 0.6 is 23.8 Å². The topological polar surface area (TPSA) is 65.6 Å². The van der Waals surface area contributed by atoms with Gasteiger partial charge in [-0.15, -0.1) is 0 Å². The number of anilines is 1. The molecular formula is C16H23ClN4O2S. The second kappa shape index (κ2) is 9.17. The van der Waals surface area contributed by atoms with Crippen LogP contribution < -0.4 is 16.2 Å². The zero-order valence-corrected chi connectivity index (χ0v) is 15.4. The zero-order chi connectivity index (χ0) is 17.5. The number of nitrogens with one attached hydrogen (secondary N) is 3.